The van der Waals surface area contributed by atoms with Gasteiger partial charge in [0.1, 0.15) is 9.84 Å². The van der Waals surface area contributed by atoms with Gasteiger partial charge in [0, 0.05) is 12.2 Å². The first-order chi connectivity index (χ1) is 10.0. The number of benzene rings is 1. The molecule has 1 aromatic carbocycles. The van der Waals surface area contributed by atoms with Gasteiger partial charge in [-0.05, 0) is 30.5 Å². The summed E-state index contributed by atoms with van der Waals surface area (Å²) in [5.41, 5.74) is 0.730. The summed E-state index contributed by atoms with van der Waals surface area (Å²) in [4.78, 5) is 0. The van der Waals surface area contributed by atoms with Gasteiger partial charge in [0.25, 0.3) is 0 Å². The monoisotopic (exact) mass is 314 g/mol. The van der Waals surface area contributed by atoms with Gasteiger partial charge in [-0.2, -0.15) is 0 Å². The maximum Gasteiger partial charge on any atom is 0.161 e. The summed E-state index contributed by atoms with van der Waals surface area (Å²) < 4.78 is 34.0. The van der Waals surface area contributed by atoms with Crippen LogP contribution in [0.1, 0.15) is 37.9 Å². The Morgan fingerprint density at radius 1 is 1.24 bits per heavy atom. The zero-order valence-electron chi connectivity index (χ0n) is 12.2. The minimum atomic E-state index is -2.97. The van der Waals surface area contributed by atoms with Crippen molar-refractivity contribution in [2.45, 2.75) is 32.3 Å². The van der Waals surface area contributed by atoms with Crippen LogP contribution in [0.2, 0.25) is 0 Å². The Bertz CT molecular complexity index is 567. The normalized spacial score (nSPS) is 16.3. The summed E-state index contributed by atoms with van der Waals surface area (Å²) in [6.07, 6.45) is 1.01. The van der Waals surface area contributed by atoms with Crippen LogP contribution in [0.4, 0.5) is 0 Å². The van der Waals surface area contributed by atoms with Gasteiger partial charge in [-0.1, -0.05) is 13.0 Å². The Balaban J connectivity index is 1.96. The van der Waals surface area contributed by atoms with Gasteiger partial charge in [0.05, 0.1) is 25.1 Å². The molecule has 6 heteroatoms. The first kappa shape index (κ1) is 16.1. The molecule has 1 aliphatic heterocycles. The predicted molar refractivity (Wildman–Crippen MR) is 80.6 cm³/mol. The Morgan fingerprint density at radius 3 is 2.67 bits per heavy atom. The smallest absolute Gasteiger partial charge is 0.161 e. The van der Waals surface area contributed by atoms with E-state index in [4.69, 9.17) is 9.47 Å². The standard InChI is InChI=1S/C15H22O5S/c1-2-21(17,18)10-3-5-13(16)12-6-7-14-15(11-12)20-9-4-8-19-14/h6-7,11,13,16H,2-5,8-10H2,1H3. The molecule has 0 bridgehead atoms. The largest absolute Gasteiger partial charge is 0.490 e. The highest BCUT2D eigenvalue weighted by Crippen LogP contribution is 2.33. The van der Waals surface area contributed by atoms with Crippen LogP contribution in [0, 0.1) is 0 Å². The zero-order chi connectivity index (χ0) is 15.3. The summed E-state index contributed by atoms with van der Waals surface area (Å²) in [6, 6.07) is 5.37. The molecule has 5 nitrogen and oxygen atoms in total. The lowest BCUT2D eigenvalue weighted by atomic mass is 10.0. The second kappa shape index (κ2) is 7.13. The molecule has 0 fully saturated rings. The Morgan fingerprint density at radius 2 is 1.95 bits per heavy atom. The van der Waals surface area contributed by atoms with Crippen LogP contribution in [0.25, 0.3) is 0 Å². The number of aliphatic hydroxyl groups is 1. The molecule has 2 rings (SSSR count). The van der Waals surface area contributed by atoms with Crippen LogP contribution in [0.5, 0.6) is 11.5 Å². The number of rotatable bonds is 6. The van der Waals surface area contributed by atoms with Crippen LogP contribution < -0.4 is 9.47 Å². The summed E-state index contributed by atoms with van der Waals surface area (Å²) in [5.74, 6) is 1.60. The molecule has 0 amide bonds. The number of hydrogen-bond acceptors (Lipinski definition) is 5. The minimum Gasteiger partial charge on any atom is -0.490 e. The molecule has 1 heterocycles. The van der Waals surface area contributed by atoms with E-state index in [-0.39, 0.29) is 11.5 Å². The molecule has 1 atom stereocenters. The summed E-state index contributed by atoms with van der Waals surface area (Å²) in [6.45, 7) is 2.86. The fourth-order valence-electron chi connectivity index (χ4n) is 2.19. The van der Waals surface area contributed by atoms with Crippen molar-refractivity contribution in [1.29, 1.82) is 0 Å². The van der Waals surface area contributed by atoms with E-state index in [1.165, 1.54) is 0 Å². The van der Waals surface area contributed by atoms with Gasteiger partial charge in [0.15, 0.2) is 11.5 Å². The molecule has 1 aliphatic rings. The molecule has 0 radical (unpaired) electrons. The number of sulfone groups is 1. The molecular formula is C15H22O5S. The summed E-state index contributed by atoms with van der Waals surface area (Å²) in [5, 5.41) is 10.2. The maximum absolute atomic E-state index is 11.4. The van der Waals surface area contributed by atoms with Crippen molar-refractivity contribution in [3.05, 3.63) is 23.8 Å². The molecule has 0 spiro atoms. The SMILES string of the molecule is CCS(=O)(=O)CCCC(O)c1ccc2c(c1)OCCCO2. The molecule has 0 saturated carbocycles. The highest BCUT2D eigenvalue weighted by molar-refractivity contribution is 7.91. The predicted octanol–water partition coefficient (Wildman–Crippen LogP) is 2.10. The van der Waals surface area contributed by atoms with Crippen LogP contribution in [-0.4, -0.2) is 38.2 Å². The summed E-state index contributed by atoms with van der Waals surface area (Å²) in [7, 11) is -2.97. The third-order valence-electron chi connectivity index (χ3n) is 3.53. The molecule has 1 unspecified atom stereocenters. The van der Waals surface area contributed by atoms with Crippen molar-refractivity contribution in [3.8, 4) is 11.5 Å². The second-order valence-electron chi connectivity index (χ2n) is 5.15. The molecule has 0 aliphatic carbocycles. The number of aliphatic hydroxyl groups excluding tert-OH is 1. The van der Waals surface area contributed by atoms with Gasteiger partial charge in [-0.25, -0.2) is 8.42 Å². The van der Waals surface area contributed by atoms with Crippen molar-refractivity contribution in [1.82, 2.24) is 0 Å². The van der Waals surface area contributed by atoms with Crippen LogP contribution in [0.15, 0.2) is 18.2 Å². The van der Waals surface area contributed by atoms with Gasteiger partial charge in [-0.15, -0.1) is 0 Å². The fraction of sp³-hybridized carbons (Fsp3) is 0.600. The highest BCUT2D eigenvalue weighted by Gasteiger charge is 2.15. The third kappa shape index (κ3) is 4.61. The lowest BCUT2D eigenvalue weighted by Gasteiger charge is -2.14. The molecule has 1 aromatic rings. The van der Waals surface area contributed by atoms with Crippen molar-refractivity contribution in [2.75, 3.05) is 24.7 Å². The first-order valence-electron chi connectivity index (χ1n) is 7.30. The van der Waals surface area contributed by atoms with E-state index in [0.29, 0.717) is 37.6 Å². The third-order valence-corrected chi connectivity index (χ3v) is 5.32. The average Bonchev–Trinajstić information content (AvgIpc) is 2.71. The van der Waals surface area contributed by atoms with E-state index in [1.807, 2.05) is 0 Å². The van der Waals surface area contributed by atoms with Crippen LogP contribution in [0.3, 0.4) is 0 Å². The highest BCUT2D eigenvalue weighted by atomic mass is 32.2. The van der Waals surface area contributed by atoms with E-state index >= 15 is 0 Å². The quantitative estimate of drug-likeness (QED) is 0.870. The molecule has 21 heavy (non-hydrogen) atoms. The van der Waals surface area contributed by atoms with Crippen molar-refractivity contribution < 1.29 is 23.0 Å². The Kier molecular flexibility index (Phi) is 5.47. The maximum atomic E-state index is 11.4. The van der Waals surface area contributed by atoms with Crippen LogP contribution >= 0.6 is 0 Å². The second-order valence-corrected chi connectivity index (χ2v) is 7.62. The van der Waals surface area contributed by atoms with E-state index in [2.05, 4.69) is 0 Å². The fourth-order valence-corrected chi connectivity index (χ4v) is 3.09. The average molecular weight is 314 g/mol. The molecule has 0 saturated heterocycles. The lowest BCUT2D eigenvalue weighted by molar-refractivity contribution is 0.166. The number of hydrogen-bond donors (Lipinski definition) is 1. The Hall–Kier alpha value is -1.27. The van der Waals surface area contributed by atoms with Gasteiger partial charge < -0.3 is 14.6 Å². The van der Waals surface area contributed by atoms with Gasteiger partial charge in [0.2, 0.25) is 0 Å². The Labute approximate surface area is 125 Å². The van der Waals surface area contributed by atoms with E-state index in [0.717, 1.165) is 12.0 Å². The number of ether oxygens (including phenoxy) is 2. The minimum absolute atomic E-state index is 0.116. The molecular weight excluding hydrogens is 292 g/mol. The van der Waals surface area contributed by atoms with Crippen molar-refractivity contribution >= 4 is 9.84 Å². The molecule has 1 N–H and O–H groups in total. The zero-order valence-corrected chi connectivity index (χ0v) is 13.1. The topological polar surface area (TPSA) is 72.8 Å². The lowest BCUT2D eigenvalue weighted by Crippen LogP contribution is -2.10. The summed E-state index contributed by atoms with van der Waals surface area (Å²) >= 11 is 0. The van der Waals surface area contributed by atoms with Crippen molar-refractivity contribution in [3.63, 3.8) is 0 Å². The van der Waals surface area contributed by atoms with E-state index < -0.39 is 15.9 Å². The molecule has 118 valence electrons. The molecule has 0 aromatic heterocycles. The van der Waals surface area contributed by atoms with Gasteiger partial charge >= 0.3 is 0 Å². The number of fused-ring (bicyclic) bond motifs is 1. The van der Waals surface area contributed by atoms with E-state index in [9.17, 15) is 13.5 Å². The van der Waals surface area contributed by atoms with Crippen LogP contribution in [-0.2, 0) is 9.84 Å². The van der Waals surface area contributed by atoms with Gasteiger partial charge in [-0.3, -0.25) is 0 Å². The first-order valence-corrected chi connectivity index (χ1v) is 9.12. The van der Waals surface area contributed by atoms with E-state index in [1.54, 1.807) is 25.1 Å². The van der Waals surface area contributed by atoms with Crippen molar-refractivity contribution in [2.24, 2.45) is 0 Å².